The SMILES string of the molecule is COc1ccc(C(=O)NC2CCCCCCC2)cc1COC(C)C. The summed E-state index contributed by atoms with van der Waals surface area (Å²) in [6, 6.07) is 5.87. The second kappa shape index (κ2) is 9.67. The Labute approximate surface area is 145 Å². The van der Waals surface area contributed by atoms with E-state index in [0.717, 1.165) is 24.2 Å². The van der Waals surface area contributed by atoms with Crippen LogP contribution in [0, 0.1) is 0 Å². The summed E-state index contributed by atoms with van der Waals surface area (Å²) in [5, 5.41) is 3.21. The van der Waals surface area contributed by atoms with Crippen LogP contribution in [0.4, 0.5) is 0 Å². The van der Waals surface area contributed by atoms with Gasteiger partial charge in [0.15, 0.2) is 0 Å². The molecule has 1 amide bonds. The summed E-state index contributed by atoms with van der Waals surface area (Å²) in [6.45, 7) is 4.45. The van der Waals surface area contributed by atoms with E-state index >= 15 is 0 Å². The quantitative estimate of drug-likeness (QED) is 0.836. The van der Waals surface area contributed by atoms with Crippen LogP contribution in [-0.2, 0) is 11.3 Å². The molecule has 0 aliphatic heterocycles. The third-order valence-corrected chi connectivity index (χ3v) is 4.56. The van der Waals surface area contributed by atoms with Crippen LogP contribution in [0.15, 0.2) is 18.2 Å². The van der Waals surface area contributed by atoms with Gasteiger partial charge in [-0.15, -0.1) is 0 Å². The van der Waals surface area contributed by atoms with Crippen molar-refractivity contribution in [3.63, 3.8) is 0 Å². The van der Waals surface area contributed by atoms with Crippen molar-refractivity contribution >= 4 is 5.91 Å². The molecule has 1 aliphatic carbocycles. The maximum absolute atomic E-state index is 12.6. The van der Waals surface area contributed by atoms with E-state index in [1.807, 2.05) is 32.0 Å². The van der Waals surface area contributed by atoms with Gasteiger partial charge in [0.2, 0.25) is 0 Å². The molecule has 1 aliphatic rings. The Morgan fingerprint density at radius 3 is 2.46 bits per heavy atom. The molecule has 0 radical (unpaired) electrons. The molecule has 4 nitrogen and oxygen atoms in total. The highest BCUT2D eigenvalue weighted by molar-refractivity contribution is 5.94. The summed E-state index contributed by atoms with van der Waals surface area (Å²) in [6.07, 6.45) is 8.63. The van der Waals surface area contributed by atoms with Crippen molar-refractivity contribution in [2.75, 3.05) is 7.11 Å². The molecule has 1 saturated carbocycles. The Bertz CT molecular complexity index is 520. The molecule has 1 aromatic rings. The number of amides is 1. The molecule has 0 heterocycles. The number of nitrogens with one attached hydrogen (secondary N) is 1. The maximum Gasteiger partial charge on any atom is 0.251 e. The minimum absolute atomic E-state index is 0.00836. The number of hydrogen-bond donors (Lipinski definition) is 1. The Hall–Kier alpha value is -1.55. The predicted molar refractivity (Wildman–Crippen MR) is 96.5 cm³/mol. The molecule has 1 aromatic carbocycles. The predicted octanol–water partition coefficient (Wildman–Crippen LogP) is 4.46. The topological polar surface area (TPSA) is 47.6 Å². The number of hydrogen-bond acceptors (Lipinski definition) is 3. The molecular formula is C20H31NO3. The van der Waals surface area contributed by atoms with E-state index in [-0.39, 0.29) is 12.0 Å². The normalized spacial score (nSPS) is 16.5. The number of ether oxygens (including phenoxy) is 2. The monoisotopic (exact) mass is 333 g/mol. The van der Waals surface area contributed by atoms with Crippen LogP contribution in [0.3, 0.4) is 0 Å². The van der Waals surface area contributed by atoms with Crippen molar-refractivity contribution < 1.29 is 14.3 Å². The lowest BCUT2D eigenvalue weighted by atomic mass is 9.96. The van der Waals surface area contributed by atoms with Crippen molar-refractivity contribution in [1.29, 1.82) is 0 Å². The van der Waals surface area contributed by atoms with E-state index in [1.54, 1.807) is 7.11 Å². The second-order valence-electron chi connectivity index (χ2n) is 6.90. The van der Waals surface area contributed by atoms with Crippen LogP contribution in [-0.4, -0.2) is 25.2 Å². The highest BCUT2D eigenvalue weighted by Gasteiger charge is 2.16. The zero-order chi connectivity index (χ0) is 17.4. The van der Waals surface area contributed by atoms with Gasteiger partial charge in [0.05, 0.1) is 19.8 Å². The largest absolute Gasteiger partial charge is 0.496 e. The molecule has 4 heteroatoms. The van der Waals surface area contributed by atoms with Gasteiger partial charge in [-0.2, -0.15) is 0 Å². The number of carbonyl (C=O) groups is 1. The second-order valence-corrected chi connectivity index (χ2v) is 6.90. The van der Waals surface area contributed by atoms with E-state index in [4.69, 9.17) is 9.47 Å². The summed E-state index contributed by atoms with van der Waals surface area (Å²) in [7, 11) is 1.64. The third-order valence-electron chi connectivity index (χ3n) is 4.56. The minimum atomic E-state index is 0.00836. The van der Waals surface area contributed by atoms with Crippen LogP contribution in [0.2, 0.25) is 0 Å². The van der Waals surface area contributed by atoms with E-state index < -0.39 is 0 Å². The van der Waals surface area contributed by atoms with Gasteiger partial charge in [0.1, 0.15) is 5.75 Å². The molecule has 0 saturated heterocycles. The number of rotatable bonds is 6. The fourth-order valence-corrected chi connectivity index (χ4v) is 3.16. The van der Waals surface area contributed by atoms with E-state index in [2.05, 4.69) is 5.32 Å². The van der Waals surface area contributed by atoms with Crippen LogP contribution >= 0.6 is 0 Å². The minimum Gasteiger partial charge on any atom is -0.496 e. The average Bonchev–Trinajstić information content (AvgIpc) is 2.54. The zero-order valence-corrected chi connectivity index (χ0v) is 15.3. The summed E-state index contributed by atoms with van der Waals surface area (Å²) < 4.78 is 11.1. The molecule has 0 unspecified atom stereocenters. The van der Waals surface area contributed by atoms with Gasteiger partial charge in [0, 0.05) is 17.2 Å². The van der Waals surface area contributed by atoms with Crippen LogP contribution in [0.5, 0.6) is 5.75 Å². The van der Waals surface area contributed by atoms with E-state index in [1.165, 1.54) is 32.1 Å². The molecule has 0 aromatic heterocycles. The van der Waals surface area contributed by atoms with Gasteiger partial charge in [-0.1, -0.05) is 32.1 Å². The highest BCUT2D eigenvalue weighted by Crippen LogP contribution is 2.22. The Morgan fingerprint density at radius 2 is 1.83 bits per heavy atom. The number of benzene rings is 1. The first-order valence-electron chi connectivity index (χ1n) is 9.19. The first-order valence-corrected chi connectivity index (χ1v) is 9.19. The van der Waals surface area contributed by atoms with Crippen molar-refractivity contribution in [3.05, 3.63) is 29.3 Å². The van der Waals surface area contributed by atoms with Gasteiger partial charge in [0.25, 0.3) is 5.91 Å². The van der Waals surface area contributed by atoms with Gasteiger partial charge < -0.3 is 14.8 Å². The van der Waals surface area contributed by atoms with Gasteiger partial charge in [-0.25, -0.2) is 0 Å². The molecule has 24 heavy (non-hydrogen) atoms. The zero-order valence-electron chi connectivity index (χ0n) is 15.3. The molecule has 134 valence electrons. The smallest absolute Gasteiger partial charge is 0.251 e. The maximum atomic E-state index is 12.6. The molecule has 0 atom stereocenters. The molecular weight excluding hydrogens is 302 g/mol. The lowest BCUT2D eigenvalue weighted by molar-refractivity contribution is 0.0644. The van der Waals surface area contributed by atoms with Gasteiger partial charge >= 0.3 is 0 Å². The van der Waals surface area contributed by atoms with Crippen LogP contribution in [0.25, 0.3) is 0 Å². The molecule has 0 spiro atoms. The fraction of sp³-hybridized carbons (Fsp3) is 0.650. The Kier molecular flexibility index (Phi) is 7.57. The van der Waals surface area contributed by atoms with Gasteiger partial charge in [-0.3, -0.25) is 4.79 Å². The summed E-state index contributed by atoms with van der Waals surface area (Å²) in [4.78, 5) is 12.6. The summed E-state index contributed by atoms with van der Waals surface area (Å²) in [5.74, 6) is 0.771. The number of carbonyl (C=O) groups excluding carboxylic acids is 1. The van der Waals surface area contributed by atoms with Crippen molar-refractivity contribution in [2.45, 2.75) is 77.5 Å². The molecule has 2 rings (SSSR count). The van der Waals surface area contributed by atoms with E-state index in [0.29, 0.717) is 18.2 Å². The molecule has 1 N–H and O–H groups in total. The van der Waals surface area contributed by atoms with Crippen LogP contribution < -0.4 is 10.1 Å². The first kappa shape index (κ1) is 18.8. The van der Waals surface area contributed by atoms with Crippen molar-refractivity contribution in [1.82, 2.24) is 5.32 Å². The summed E-state index contributed by atoms with van der Waals surface area (Å²) >= 11 is 0. The Balaban J connectivity index is 2.03. The lowest BCUT2D eigenvalue weighted by Gasteiger charge is -2.21. The first-order chi connectivity index (χ1) is 11.6. The molecule has 1 fully saturated rings. The fourth-order valence-electron chi connectivity index (χ4n) is 3.16. The van der Waals surface area contributed by atoms with Crippen LogP contribution in [0.1, 0.15) is 74.7 Å². The third kappa shape index (κ3) is 5.82. The standard InChI is InChI=1S/C20H31NO3/c1-15(2)24-14-17-13-16(11-12-19(17)23-3)20(22)21-18-9-7-5-4-6-8-10-18/h11-13,15,18H,4-10,14H2,1-3H3,(H,21,22). The highest BCUT2D eigenvalue weighted by atomic mass is 16.5. The van der Waals surface area contributed by atoms with Crippen molar-refractivity contribution in [2.24, 2.45) is 0 Å². The lowest BCUT2D eigenvalue weighted by Crippen LogP contribution is -2.35. The summed E-state index contributed by atoms with van der Waals surface area (Å²) in [5.41, 5.74) is 1.59. The van der Waals surface area contributed by atoms with E-state index in [9.17, 15) is 4.79 Å². The molecule has 0 bridgehead atoms. The van der Waals surface area contributed by atoms with Crippen molar-refractivity contribution in [3.8, 4) is 5.75 Å². The number of methoxy groups -OCH3 is 1. The Morgan fingerprint density at radius 1 is 1.17 bits per heavy atom. The van der Waals surface area contributed by atoms with Gasteiger partial charge in [-0.05, 0) is 44.9 Å². The average molecular weight is 333 g/mol.